The summed E-state index contributed by atoms with van der Waals surface area (Å²) < 4.78 is 0. The SMILES string of the molecule is CN1C2CCC1CN(Cc1cnc(Cl)cc1Cl)CC2. The number of halogens is 2. The summed E-state index contributed by atoms with van der Waals surface area (Å²) in [7, 11) is 2.27. The van der Waals surface area contributed by atoms with Crippen molar-refractivity contribution in [3.05, 3.63) is 28.0 Å². The van der Waals surface area contributed by atoms with E-state index >= 15 is 0 Å². The summed E-state index contributed by atoms with van der Waals surface area (Å²) in [6.07, 6.45) is 5.74. The molecule has 2 fully saturated rings. The first-order chi connectivity index (χ1) is 9.13. The van der Waals surface area contributed by atoms with Gasteiger partial charge in [-0.25, -0.2) is 4.98 Å². The molecule has 2 aliphatic rings. The van der Waals surface area contributed by atoms with Crippen LogP contribution in [0.1, 0.15) is 24.8 Å². The maximum atomic E-state index is 6.24. The number of aromatic nitrogens is 1. The van der Waals surface area contributed by atoms with Gasteiger partial charge >= 0.3 is 0 Å². The van der Waals surface area contributed by atoms with Crippen molar-refractivity contribution in [2.75, 3.05) is 20.1 Å². The van der Waals surface area contributed by atoms with Gasteiger partial charge in [-0.1, -0.05) is 23.2 Å². The second kappa shape index (κ2) is 5.57. The van der Waals surface area contributed by atoms with Gasteiger partial charge in [0, 0.05) is 48.5 Å². The summed E-state index contributed by atoms with van der Waals surface area (Å²) >= 11 is 12.1. The lowest BCUT2D eigenvalue weighted by Gasteiger charge is -2.25. The van der Waals surface area contributed by atoms with E-state index in [0.29, 0.717) is 11.2 Å². The van der Waals surface area contributed by atoms with Crippen LogP contribution < -0.4 is 0 Å². The third kappa shape index (κ3) is 2.89. The van der Waals surface area contributed by atoms with Crippen LogP contribution in [0.2, 0.25) is 10.2 Å². The third-order valence-electron chi connectivity index (χ3n) is 4.52. The summed E-state index contributed by atoms with van der Waals surface area (Å²) in [5.41, 5.74) is 1.08. The van der Waals surface area contributed by atoms with E-state index in [1.807, 2.05) is 0 Å². The Labute approximate surface area is 124 Å². The molecule has 3 rings (SSSR count). The molecule has 104 valence electrons. The number of rotatable bonds is 2. The summed E-state index contributed by atoms with van der Waals surface area (Å²) in [6, 6.07) is 3.20. The van der Waals surface area contributed by atoms with Gasteiger partial charge in [0.15, 0.2) is 0 Å². The lowest BCUT2D eigenvalue weighted by Crippen LogP contribution is -2.36. The van der Waals surface area contributed by atoms with Gasteiger partial charge in [0.05, 0.1) is 0 Å². The van der Waals surface area contributed by atoms with Gasteiger partial charge in [-0.15, -0.1) is 0 Å². The molecule has 2 unspecified atom stereocenters. The Hall–Kier alpha value is -0.350. The molecule has 0 aliphatic carbocycles. The largest absolute Gasteiger partial charge is 0.299 e. The fraction of sp³-hybridized carbons (Fsp3) is 0.643. The number of fused-ring (bicyclic) bond motifs is 2. The zero-order valence-electron chi connectivity index (χ0n) is 11.1. The molecule has 1 aromatic rings. The second-order valence-corrected chi connectivity index (χ2v) is 6.47. The van der Waals surface area contributed by atoms with Gasteiger partial charge in [-0.05, 0) is 32.4 Å². The summed E-state index contributed by atoms with van der Waals surface area (Å²) in [5, 5.41) is 1.19. The van der Waals surface area contributed by atoms with Crippen molar-refractivity contribution >= 4 is 23.2 Å². The molecule has 19 heavy (non-hydrogen) atoms. The van der Waals surface area contributed by atoms with Crippen LogP contribution in [0, 0.1) is 0 Å². The summed E-state index contributed by atoms with van der Waals surface area (Å²) in [6.45, 7) is 3.15. The number of pyridine rings is 1. The van der Waals surface area contributed by atoms with Crippen LogP contribution >= 0.6 is 23.2 Å². The predicted molar refractivity (Wildman–Crippen MR) is 78.7 cm³/mol. The zero-order valence-corrected chi connectivity index (χ0v) is 12.7. The first kappa shape index (κ1) is 13.6. The highest BCUT2D eigenvalue weighted by Gasteiger charge is 2.34. The van der Waals surface area contributed by atoms with Crippen LogP contribution in [0.4, 0.5) is 0 Å². The Morgan fingerprint density at radius 1 is 1.26 bits per heavy atom. The molecule has 0 saturated carbocycles. The van der Waals surface area contributed by atoms with Gasteiger partial charge in [0.25, 0.3) is 0 Å². The van der Waals surface area contributed by atoms with Gasteiger partial charge in [-0.3, -0.25) is 9.80 Å². The van der Waals surface area contributed by atoms with Gasteiger partial charge < -0.3 is 0 Å². The van der Waals surface area contributed by atoms with E-state index in [-0.39, 0.29) is 0 Å². The number of hydrogen-bond acceptors (Lipinski definition) is 3. The van der Waals surface area contributed by atoms with E-state index in [9.17, 15) is 0 Å². The lowest BCUT2D eigenvalue weighted by atomic mass is 10.1. The fourth-order valence-electron chi connectivity index (χ4n) is 3.32. The quantitative estimate of drug-likeness (QED) is 0.783. The zero-order chi connectivity index (χ0) is 13.4. The van der Waals surface area contributed by atoms with Gasteiger partial charge in [-0.2, -0.15) is 0 Å². The van der Waals surface area contributed by atoms with E-state index < -0.39 is 0 Å². The summed E-state index contributed by atoms with van der Waals surface area (Å²) in [4.78, 5) is 9.19. The molecular formula is C14H19Cl2N3. The Morgan fingerprint density at radius 3 is 2.84 bits per heavy atom. The van der Waals surface area contributed by atoms with Crippen molar-refractivity contribution in [2.45, 2.75) is 37.9 Å². The minimum absolute atomic E-state index is 0.461. The van der Waals surface area contributed by atoms with Crippen LogP contribution in [-0.2, 0) is 6.54 Å². The topological polar surface area (TPSA) is 19.4 Å². The number of hydrogen-bond donors (Lipinski definition) is 0. The Bertz CT molecular complexity index is 466. The Balaban J connectivity index is 1.70. The maximum absolute atomic E-state index is 6.24. The molecule has 2 bridgehead atoms. The number of likely N-dealkylation sites (tertiary alicyclic amines) is 1. The first-order valence-electron chi connectivity index (χ1n) is 6.87. The predicted octanol–water partition coefficient (Wildman–Crippen LogP) is 3.06. The molecule has 2 atom stereocenters. The van der Waals surface area contributed by atoms with Crippen molar-refractivity contribution in [1.82, 2.24) is 14.8 Å². The van der Waals surface area contributed by atoms with Crippen LogP contribution in [-0.4, -0.2) is 47.0 Å². The van der Waals surface area contributed by atoms with Crippen molar-refractivity contribution in [1.29, 1.82) is 0 Å². The third-order valence-corrected chi connectivity index (χ3v) is 5.08. The fourth-order valence-corrected chi connectivity index (χ4v) is 3.74. The Morgan fingerprint density at radius 2 is 2.05 bits per heavy atom. The van der Waals surface area contributed by atoms with Crippen LogP contribution in [0.3, 0.4) is 0 Å². The molecule has 0 amide bonds. The van der Waals surface area contributed by atoms with Gasteiger partial charge in [0.2, 0.25) is 0 Å². The first-order valence-corrected chi connectivity index (χ1v) is 7.63. The van der Waals surface area contributed by atoms with E-state index in [0.717, 1.165) is 36.3 Å². The van der Waals surface area contributed by atoms with E-state index in [1.54, 1.807) is 12.3 Å². The normalized spacial score (nSPS) is 28.6. The minimum Gasteiger partial charge on any atom is -0.299 e. The molecule has 3 heterocycles. The van der Waals surface area contributed by atoms with Crippen LogP contribution in [0.5, 0.6) is 0 Å². The standard InChI is InChI=1S/C14H19Cl2N3/c1-18-11-2-3-12(18)9-19(5-4-11)8-10-7-17-14(16)6-13(10)15/h6-7,11-12H,2-5,8-9H2,1H3. The molecular weight excluding hydrogens is 281 g/mol. The molecule has 2 saturated heterocycles. The highest BCUT2D eigenvalue weighted by molar-refractivity contribution is 6.34. The molecule has 2 aliphatic heterocycles. The molecule has 1 aromatic heterocycles. The van der Waals surface area contributed by atoms with E-state index in [1.165, 1.54) is 19.3 Å². The Kier molecular flexibility index (Phi) is 3.99. The van der Waals surface area contributed by atoms with Crippen molar-refractivity contribution in [2.24, 2.45) is 0 Å². The lowest BCUT2D eigenvalue weighted by molar-refractivity contribution is 0.214. The second-order valence-electron chi connectivity index (χ2n) is 5.67. The molecule has 0 N–H and O–H groups in total. The monoisotopic (exact) mass is 299 g/mol. The molecule has 0 radical (unpaired) electrons. The van der Waals surface area contributed by atoms with Crippen molar-refractivity contribution < 1.29 is 0 Å². The molecule has 3 nitrogen and oxygen atoms in total. The molecule has 0 aromatic carbocycles. The minimum atomic E-state index is 0.461. The average molecular weight is 300 g/mol. The molecule has 5 heteroatoms. The van der Waals surface area contributed by atoms with Crippen molar-refractivity contribution in [3.63, 3.8) is 0 Å². The summed E-state index contributed by atoms with van der Waals surface area (Å²) in [5.74, 6) is 0. The number of nitrogens with zero attached hydrogens (tertiary/aromatic N) is 3. The van der Waals surface area contributed by atoms with Crippen LogP contribution in [0.15, 0.2) is 12.3 Å². The average Bonchev–Trinajstić information content (AvgIpc) is 2.60. The smallest absolute Gasteiger partial charge is 0.130 e. The van der Waals surface area contributed by atoms with Gasteiger partial charge in [0.1, 0.15) is 5.15 Å². The maximum Gasteiger partial charge on any atom is 0.130 e. The molecule has 0 spiro atoms. The van der Waals surface area contributed by atoms with Crippen LogP contribution in [0.25, 0.3) is 0 Å². The van der Waals surface area contributed by atoms with Crippen molar-refractivity contribution in [3.8, 4) is 0 Å². The number of likely N-dealkylation sites (N-methyl/N-ethyl adjacent to an activating group) is 1. The van der Waals surface area contributed by atoms with E-state index in [4.69, 9.17) is 23.2 Å². The highest BCUT2D eigenvalue weighted by atomic mass is 35.5. The van der Waals surface area contributed by atoms with E-state index in [2.05, 4.69) is 21.8 Å². The highest BCUT2D eigenvalue weighted by Crippen LogP contribution is 2.29.